The quantitative estimate of drug-likeness (QED) is 0.866. The van der Waals surface area contributed by atoms with Gasteiger partial charge in [0.2, 0.25) is 5.88 Å². The number of hydrogen-bond donors (Lipinski definition) is 0. The lowest BCUT2D eigenvalue weighted by Crippen LogP contribution is -2.48. The van der Waals surface area contributed by atoms with Crippen molar-refractivity contribution in [2.24, 2.45) is 0 Å². The van der Waals surface area contributed by atoms with Gasteiger partial charge in [0.05, 0.1) is 7.11 Å². The van der Waals surface area contributed by atoms with Gasteiger partial charge in [-0.05, 0) is 30.2 Å². The molecular weight excluding hydrogens is 302 g/mol. The van der Waals surface area contributed by atoms with E-state index in [2.05, 4.69) is 41.1 Å². The largest absolute Gasteiger partial charge is 0.480 e. The highest BCUT2D eigenvalue weighted by Crippen LogP contribution is 2.18. The Kier molecular flexibility index (Phi) is 5.11. The Morgan fingerprint density at radius 1 is 1.12 bits per heavy atom. The number of hydrogen-bond acceptors (Lipinski definition) is 4. The van der Waals surface area contributed by atoms with Gasteiger partial charge in [0.25, 0.3) is 5.91 Å². The van der Waals surface area contributed by atoms with Crippen LogP contribution in [0.2, 0.25) is 0 Å². The summed E-state index contributed by atoms with van der Waals surface area (Å²) in [6.07, 6.45) is 1.63. The molecule has 1 amide bonds. The van der Waals surface area contributed by atoms with Crippen molar-refractivity contribution in [1.29, 1.82) is 0 Å². The molecule has 1 aromatic heterocycles. The van der Waals surface area contributed by atoms with E-state index in [0.29, 0.717) is 11.4 Å². The first-order valence-corrected chi connectivity index (χ1v) is 8.24. The highest BCUT2D eigenvalue weighted by Gasteiger charge is 2.24. The molecule has 126 valence electrons. The molecule has 1 fully saturated rings. The maximum absolute atomic E-state index is 12.7. The minimum Gasteiger partial charge on any atom is -0.480 e. The van der Waals surface area contributed by atoms with E-state index in [4.69, 9.17) is 4.74 Å². The Bertz CT molecular complexity index is 709. The summed E-state index contributed by atoms with van der Waals surface area (Å²) in [5.41, 5.74) is 3.20. The SMILES string of the molecule is COc1ncccc1C(=O)N1CCN(Cc2ccccc2C)CC1. The van der Waals surface area contributed by atoms with E-state index < -0.39 is 0 Å². The molecule has 2 heterocycles. The molecule has 0 radical (unpaired) electrons. The van der Waals surface area contributed by atoms with Crippen molar-refractivity contribution < 1.29 is 9.53 Å². The van der Waals surface area contributed by atoms with Crippen LogP contribution in [0.3, 0.4) is 0 Å². The van der Waals surface area contributed by atoms with Crippen LogP contribution in [0.1, 0.15) is 21.5 Å². The van der Waals surface area contributed by atoms with Gasteiger partial charge >= 0.3 is 0 Å². The monoisotopic (exact) mass is 325 g/mol. The van der Waals surface area contributed by atoms with Crippen LogP contribution in [-0.2, 0) is 6.54 Å². The smallest absolute Gasteiger partial charge is 0.259 e. The zero-order valence-electron chi connectivity index (χ0n) is 14.2. The van der Waals surface area contributed by atoms with E-state index in [1.54, 1.807) is 25.4 Å². The fourth-order valence-electron chi connectivity index (χ4n) is 3.02. The Labute approximate surface area is 142 Å². The van der Waals surface area contributed by atoms with Gasteiger partial charge in [-0.15, -0.1) is 0 Å². The predicted molar refractivity (Wildman–Crippen MR) is 93.1 cm³/mol. The summed E-state index contributed by atoms with van der Waals surface area (Å²) in [6.45, 7) is 6.28. The van der Waals surface area contributed by atoms with Gasteiger partial charge < -0.3 is 9.64 Å². The van der Waals surface area contributed by atoms with E-state index in [1.807, 2.05) is 4.90 Å². The van der Waals surface area contributed by atoms with Gasteiger partial charge in [-0.2, -0.15) is 0 Å². The second-order valence-corrected chi connectivity index (χ2v) is 6.06. The average Bonchev–Trinajstić information content (AvgIpc) is 2.63. The van der Waals surface area contributed by atoms with E-state index >= 15 is 0 Å². The van der Waals surface area contributed by atoms with Crippen molar-refractivity contribution in [3.63, 3.8) is 0 Å². The van der Waals surface area contributed by atoms with E-state index in [-0.39, 0.29) is 5.91 Å². The maximum atomic E-state index is 12.7. The van der Waals surface area contributed by atoms with Crippen LogP contribution in [0, 0.1) is 6.92 Å². The van der Waals surface area contributed by atoms with Crippen LogP contribution in [-0.4, -0.2) is 54.0 Å². The van der Waals surface area contributed by atoms with Crippen LogP contribution >= 0.6 is 0 Å². The number of carbonyl (C=O) groups is 1. The van der Waals surface area contributed by atoms with E-state index in [0.717, 1.165) is 32.7 Å². The van der Waals surface area contributed by atoms with E-state index in [1.165, 1.54) is 11.1 Å². The Balaban J connectivity index is 1.61. The lowest BCUT2D eigenvalue weighted by molar-refractivity contribution is 0.0624. The Hall–Kier alpha value is -2.40. The summed E-state index contributed by atoms with van der Waals surface area (Å²) in [7, 11) is 1.54. The van der Waals surface area contributed by atoms with Crippen molar-refractivity contribution in [3.8, 4) is 5.88 Å². The number of amides is 1. The molecule has 0 aliphatic carbocycles. The Morgan fingerprint density at radius 3 is 2.58 bits per heavy atom. The molecule has 1 aliphatic rings. The number of methoxy groups -OCH3 is 1. The molecule has 5 nitrogen and oxygen atoms in total. The zero-order valence-corrected chi connectivity index (χ0v) is 14.2. The van der Waals surface area contributed by atoms with Crippen LogP contribution in [0.25, 0.3) is 0 Å². The highest BCUT2D eigenvalue weighted by molar-refractivity contribution is 5.96. The molecule has 0 unspecified atom stereocenters. The molecule has 24 heavy (non-hydrogen) atoms. The molecule has 1 aromatic carbocycles. The fraction of sp³-hybridized carbons (Fsp3) is 0.368. The molecule has 2 aromatic rings. The lowest BCUT2D eigenvalue weighted by Gasteiger charge is -2.35. The molecule has 5 heteroatoms. The van der Waals surface area contributed by atoms with Crippen LogP contribution in [0.4, 0.5) is 0 Å². The molecule has 0 N–H and O–H groups in total. The summed E-state index contributed by atoms with van der Waals surface area (Å²) in [5, 5.41) is 0. The minimum absolute atomic E-state index is 0.00417. The first-order valence-electron chi connectivity index (χ1n) is 8.24. The van der Waals surface area contributed by atoms with Crippen LogP contribution < -0.4 is 4.74 Å². The molecule has 3 rings (SSSR count). The number of piperazine rings is 1. The van der Waals surface area contributed by atoms with Crippen molar-refractivity contribution >= 4 is 5.91 Å². The second kappa shape index (κ2) is 7.45. The summed E-state index contributed by atoms with van der Waals surface area (Å²) in [4.78, 5) is 21.1. The molecular formula is C19H23N3O2. The number of nitrogens with zero attached hydrogens (tertiary/aromatic N) is 3. The lowest BCUT2D eigenvalue weighted by atomic mass is 10.1. The maximum Gasteiger partial charge on any atom is 0.259 e. The van der Waals surface area contributed by atoms with Gasteiger partial charge in [0, 0.05) is 38.9 Å². The highest BCUT2D eigenvalue weighted by atomic mass is 16.5. The standard InChI is InChI=1S/C19H23N3O2/c1-15-6-3-4-7-16(15)14-21-10-12-22(13-11-21)19(23)17-8-5-9-20-18(17)24-2/h3-9H,10-14H2,1-2H3. The summed E-state index contributed by atoms with van der Waals surface area (Å²) in [6, 6.07) is 12.0. The van der Waals surface area contributed by atoms with Gasteiger partial charge in [0.1, 0.15) is 5.56 Å². The number of benzene rings is 1. The molecule has 0 spiro atoms. The van der Waals surface area contributed by atoms with Gasteiger partial charge in [-0.3, -0.25) is 9.69 Å². The van der Waals surface area contributed by atoms with Crippen molar-refractivity contribution in [2.45, 2.75) is 13.5 Å². The van der Waals surface area contributed by atoms with Crippen molar-refractivity contribution in [1.82, 2.24) is 14.8 Å². The van der Waals surface area contributed by atoms with Crippen LogP contribution in [0.15, 0.2) is 42.6 Å². The first-order chi connectivity index (χ1) is 11.7. The van der Waals surface area contributed by atoms with Crippen LogP contribution in [0.5, 0.6) is 5.88 Å². The minimum atomic E-state index is -0.00417. The number of ether oxygens (including phenoxy) is 1. The number of aromatic nitrogens is 1. The van der Waals surface area contributed by atoms with E-state index in [9.17, 15) is 4.79 Å². The average molecular weight is 325 g/mol. The van der Waals surface area contributed by atoms with Crippen molar-refractivity contribution in [2.75, 3.05) is 33.3 Å². The second-order valence-electron chi connectivity index (χ2n) is 6.06. The normalized spacial score (nSPS) is 15.3. The number of aryl methyl sites for hydroxylation is 1. The molecule has 0 atom stereocenters. The third-order valence-electron chi connectivity index (χ3n) is 4.51. The first kappa shape index (κ1) is 16.5. The van der Waals surface area contributed by atoms with Gasteiger partial charge in [0.15, 0.2) is 0 Å². The van der Waals surface area contributed by atoms with Gasteiger partial charge in [-0.25, -0.2) is 4.98 Å². The summed E-state index contributed by atoms with van der Waals surface area (Å²) in [5.74, 6) is 0.389. The molecule has 0 saturated carbocycles. The Morgan fingerprint density at radius 2 is 1.88 bits per heavy atom. The third-order valence-corrected chi connectivity index (χ3v) is 4.51. The third kappa shape index (κ3) is 3.57. The van der Waals surface area contributed by atoms with Gasteiger partial charge in [-0.1, -0.05) is 24.3 Å². The molecule has 0 bridgehead atoms. The number of pyridine rings is 1. The summed E-state index contributed by atoms with van der Waals surface area (Å²) < 4.78 is 5.20. The number of rotatable bonds is 4. The molecule has 1 saturated heterocycles. The molecule has 1 aliphatic heterocycles. The summed E-state index contributed by atoms with van der Waals surface area (Å²) >= 11 is 0. The fourth-order valence-corrected chi connectivity index (χ4v) is 3.02. The predicted octanol–water partition coefficient (Wildman–Crippen LogP) is 2.36. The van der Waals surface area contributed by atoms with Crippen molar-refractivity contribution in [3.05, 3.63) is 59.3 Å². The topological polar surface area (TPSA) is 45.7 Å². The zero-order chi connectivity index (χ0) is 16.9. The number of carbonyl (C=O) groups excluding carboxylic acids is 1.